The predicted molar refractivity (Wildman–Crippen MR) is 134 cm³/mol. The van der Waals surface area contributed by atoms with Crippen molar-refractivity contribution in [2.24, 2.45) is 23.5 Å². The maximum absolute atomic E-state index is 13.8. The monoisotopic (exact) mass is 529 g/mol. The van der Waals surface area contributed by atoms with Crippen molar-refractivity contribution in [3.8, 4) is 5.75 Å². The number of hydrogen-bond acceptors (Lipinski definition) is 10. The normalized spacial score (nSPS) is 36.0. The fourth-order valence-electron chi connectivity index (χ4n) is 6.95. The quantitative estimate of drug-likeness (QED) is 0.249. The van der Waals surface area contributed by atoms with Crippen LogP contribution in [0.5, 0.6) is 5.75 Å². The maximum Gasteiger partial charge on any atom is 0.230 e. The van der Waals surface area contributed by atoms with Crippen LogP contribution in [0.25, 0.3) is 0 Å². The Morgan fingerprint density at radius 1 is 1.18 bits per heavy atom. The Kier molecular flexibility index (Phi) is 6.64. The highest BCUT2D eigenvalue weighted by molar-refractivity contribution is 6.16. The molecule has 1 aromatic carbocycles. The van der Waals surface area contributed by atoms with E-state index in [0.29, 0.717) is 17.7 Å². The number of fused-ring (bicyclic) bond motifs is 3. The van der Waals surface area contributed by atoms with Gasteiger partial charge < -0.3 is 41.5 Å². The van der Waals surface area contributed by atoms with E-state index in [1.807, 2.05) is 0 Å². The van der Waals surface area contributed by atoms with Gasteiger partial charge in [-0.2, -0.15) is 0 Å². The molecular formula is C27H35N3O8. The lowest BCUT2D eigenvalue weighted by Crippen LogP contribution is -2.67. The summed E-state index contributed by atoms with van der Waals surface area (Å²) in [7, 11) is 2.06. The second-order valence-corrected chi connectivity index (χ2v) is 11.3. The average molecular weight is 530 g/mol. The number of amides is 1. The Morgan fingerprint density at radius 2 is 1.84 bits per heavy atom. The molecule has 1 aromatic rings. The summed E-state index contributed by atoms with van der Waals surface area (Å²) in [6.45, 7) is 3.95. The Hall–Kier alpha value is -2.83. The van der Waals surface area contributed by atoms with Crippen molar-refractivity contribution in [1.82, 2.24) is 10.2 Å². The first-order valence-corrected chi connectivity index (χ1v) is 13.1. The number of aliphatic hydroxyl groups excluding tert-OH is 3. The minimum atomic E-state index is -2.78. The molecule has 0 radical (unpaired) electrons. The van der Waals surface area contributed by atoms with Gasteiger partial charge in [0, 0.05) is 35.6 Å². The zero-order valence-electron chi connectivity index (χ0n) is 21.4. The first kappa shape index (κ1) is 26.8. The van der Waals surface area contributed by atoms with Crippen molar-refractivity contribution in [2.45, 2.75) is 62.5 Å². The van der Waals surface area contributed by atoms with E-state index in [-0.39, 0.29) is 29.3 Å². The molecule has 3 aliphatic carbocycles. The molecule has 1 saturated heterocycles. The number of phenolic OH excluding ortho intramolecular Hbond substituents is 1. The van der Waals surface area contributed by atoms with Crippen LogP contribution in [0.15, 0.2) is 23.5 Å². The molecule has 38 heavy (non-hydrogen) atoms. The van der Waals surface area contributed by atoms with Gasteiger partial charge >= 0.3 is 0 Å². The van der Waals surface area contributed by atoms with Gasteiger partial charge in [-0.3, -0.25) is 14.4 Å². The molecule has 1 amide bonds. The summed E-state index contributed by atoms with van der Waals surface area (Å²) < 4.78 is 0. The van der Waals surface area contributed by atoms with E-state index in [4.69, 9.17) is 5.73 Å². The van der Waals surface area contributed by atoms with Crippen LogP contribution < -0.4 is 11.1 Å². The summed E-state index contributed by atoms with van der Waals surface area (Å²) in [6, 6.07) is 3.71. The third kappa shape index (κ3) is 3.79. The molecular weight excluding hydrogens is 494 g/mol. The highest BCUT2D eigenvalue weighted by Crippen LogP contribution is 2.55. The molecule has 5 rings (SSSR count). The van der Waals surface area contributed by atoms with Crippen LogP contribution in [-0.2, 0) is 16.1 Å². The Balaban J connectivity index is 1.54. The van der Waals surface area contributed by atoms with E-state index in [1.165, 1.54) is 0 Å². The average Bonchev–Trinajstić information content (AvgIpc) is 2.86. The number of carbonyl (C=O) groups excluding carboxylic acids is 3. The molecule has 2 unspecified atom stereocenters. The molecule has 1 heterocycles. The van der Waals surface area contributed by atoms with Gasteiger partial charge in [0.05, 0.1) is 17.8 Å². The Bertz CT molecular complexity index is 1220. The number of aliphatic hydroxyl groups is 4. The van der Waals surface area contributed by atoms with Gasteiger partial charge in [-0.25, -0.2) is 0 Å². The van der Waals surface area contributed by atoms with Crippen molar-refractivity contribution < 1.29 is 39.9 Å². The van der Waals surface area contributed by atoms with Gasteiger partial charge in [0.15, 0.2) is 17.2 Å². The van der Waals surface area contributed by atoms with Crippen LogP contribution in [0, 0.1) is 17.8 Å². The van der Waals surface area contributed by atoms with Crippen LogP contribution in [0.2, 0.25) is 0 Å². The molecule has 1 saturated carbocycles. The van der Waals surface area contributed by atoms with Gasteiger partial charge in [-0.05, 0) is 50.9 Å². The zero-order valence-corrected chi connectivity index (χ0v) is 21.4. The third-order valence-corrected chi connectivity index (χ3v) is 9.21. The van der Waals surface area contributed by atoms with Crippen LogP contribution >= 0.6 is 0 Å². The van der Waals surface area contributed by atoms with E-state index in [0.717, 1.165) is 25.9 Å². The first-order chi connectivity index (χ1) is 17.9. The van der Waals surface area contributed by atoms with E-state index >= 15 is 0 Å². The molecule has 7 atom stereocenters. The number of nitrogens with zero attached hydrogens (tertiary/aromatic N) is 1. The smallest absolute Gasteiger partial charge is 0.230 e. The van der Waals surface area contributed by atoms with Gasteiger partial charge in [0.2, 0.25) is 5.91 Å². The van der Waals surface area contributed by atoms with Gasteiger partial charge in [-0.15, -0.1) is 0 Å². The Labute approximate surface area is 219 Å². The number of nitrogens with one attached hydrogen (secondary N) is 1. The summed E-state index contributed by atoms with van der Waals surface area (Å²) in [5.74, 6) is -9.23. The second kappa shape index (κ2) is 9.42. The van der Waals surface area contributed by atoms with Gasteiger partial charge in [0.1, 0.15) is 17.4 Å². The first-order valence-electron chi connectivity index (χ1n) is 13.1. The number of phenols is 1. The third-order valence-electron chi connectivity index (χ3n) is 9.21. The number of piperidine rings is 1. The van der Waals surface area contributed by atoms with Crippen LogP contribution in [-0.4, -0.2) is 91.9 Å². The highest BCUT2D eigenvalue weighted by atomic mass is 16.4. The summed E-state index contributed by atoms with van der Waals surface area (Å²) in [4.78, 5) is 41.1. The van der Waals surface area contributed by atoms with Gasteiger partial charge in [0.25, 0.3) is 0 Å². The second-order valence-electron chi connectivity index (χ2n) is 11.3. The number of benzene rings is 1. The molecule has 0 aromatic heterocycles. The molecule has 2 fully saturated rings. The Morgan fingerprint density at radius 3 is 2.47 bits per heavy atom. The van der Waals surface area contributed by atoms with Crippen LogP contribution in [0.1, 0.15) is 53.6 Å². The largest absolute Gasteiger partial charge is 0.508 e. The fraction of sp³-hybridized carbons (Fsp3) is 0.593. The van der Waals surface area contributed by atoms with Crippen molar-refractivity contribution in [2.75, 3.05) is 20.1 Å². The van der Waals surface area contributed by atoms with Crippen LogP contribution in [0.3, 0.4) is 0 Å². The number of ketones is 2. The predicted octanol–water partition coefficient (Wildman–Crippen LogP) is -0.539. The van der Waals surface area contributed by atoms with Crippen molar-refractivity contribution in [3.63, 3.8) is 0 Å². The van der Waals surface area contributed by atoms with E-state index in [9.17, 15) is 39.9 Å². The number of likely N-dealkylation sites (tertiary alicyclic amines) is 1. The summed E-state index contributed by atoms with van der Waals surface area (Å²) in [5.41, 5.74) is 3.03. The molecule has 206 valence electrons. The lowest BCUT2D eigenvalue weighted by atomic mass is 9.54. The number of nitrogens with two attached hydrogens (primary N) is 1. The molecule has 11 heteroatoms. The maximum atomic E-state index is 13.8. The van der Waals surface area contributed by atoms with E-state index < -0.39 is 64.7 Å². The number of Topliss-reactive ketones (excluding diaryl/α,β-unsaturated/α-hetero) is 2. The minimum Gasteiger partial charge on any atom is -0.508 e. The van der Waals surface area contributed by atoms with Gasteiger partial charge in [-0.1, -0.05) is 19.1 Å². The summed E-state index contributed by atoms with van der Waals surface area (Å²) in [6.07, 6.45) is -1.54. The van der Waals surface area contributed by atoms with Crippen molar-refractivity contribution in [1.29, 1.82) is 0 Å². The molecule has 8 N–H and O–H groups in total. The number of primary amides is 1. The summed E-state index contributed by atoms with van der Waals surface area (Å²) >= 11 is 0. The fourth-order valence-corrected chi connectivity index (χ4v) is 6.95. The summed E-state index contributed by atoms with van der Waals surface area (Å²) in [5, 5.41) is 59.0. The van der Waals surface area contributed by atoms with Crippen LogP contribution in [0.4, 0.5) is 0 Å². The standard InChI is InChI=1S/C27H35N3O8/c1-11-14-4-3-12(10-29-13-5-7-30(2)8-6-13)21(32)18(14)23(34)20-17(11)22(33)15-9-16(31)19(26(28)37)24(35)27(15,38)25(20)36/h3-4,11,13,15-17,19,22,29,31-33,36,38H,5-10H2,1-2H3,(H2,28,37)/t11-,15+,16?,17+,19?,22+,27+/m0/s1. The highest BCUT2D eigenvalue weighted by Gasteiger charge is 2.66. The number of carbonyl (C=O) groups is 3. The van der Waals surface area contributed by atoms with E-state index in [2.05, 4.69) is 17.3 Å². The molecule has 0 spiro atoms. The number of aromatic hydroxyl groups is 1. The van der Waals surface area contributed by atoms with E-state index in [1.54, 1.807) is 19.1 Å². The lowest BCUT2D eigenvalue weighted by molar-refractivity contribution is -0.179. The minimum absolute atomic E-state index is 0.0537. The molecule has 4 aliphatic rings. The van der Waals surface area contributed by atoms with Crippen molar-refractivity contribution in [3.05, 3.63) is 40.2 Å². The number of hydrogen-bond donors (Lipinski definition) is 7. The topological polar surface area (TPSA) is 194 Å². The lowest BCUT2D eigenvalue weighted by Gasteiger charge is -2.52. The molecule has 0 bridgehead atoms. The van der Waals surface area contributed by atoms with Crippen molar-refractivity contribution >= 4 is 17.5 Å². The number of rotatable bonds is 4. The SMILES string of the molecule is C[C@H]1c2ccc(CNC3CCN(C)CC3)c(O)c2C(=O)C2=C(O)[C@]3(O)C(=O)C(C(N)=O)C(O)C[C@@H]3[C@@H](O)[C@@H]21. The zero-order chi connectivity index (χ0) is 27.7. The molecule has 11 nitrogen and oxygen atoms in total. The molecule has 1 aliphatic heterocycles.